The van der Waals surface area contributed by atoms with Crippen molar-refractivity contribution in [2.75, 3.05) is 0 Å². The maximum atomic E-state index is 5.87. The van der Waals surface area contributed by atoms with Gasteiger partial charge in [0.2, 0.25) is 0 Å². The molecule has 0 aromatic heterocycles. The van der Waals surface area contributed by atoms with Crippen LogP contribution in [0.1, 0.15) is 41.9 Å². The van der Waals surface area contributed by atoms with E-state index in [9.17, 15) is 0 Å². The molecule has 0 atom stereocenters. The molecule has 1 saturated carbocycles. The van der Waals surface area contributed by atoms with Crippen molar-refractivity contribution < 1.29 is 0 Å². The third-order valence-electron chi connectivity index (χ3n) is 4.26. The molecule has 0 heterocycles. The number of hydrogen-bond acceptors (Lipinski definition) is 1. The minimum atomic E-state index is 0.600. The Bertz CT molecular complexity index is 582. The maximum absolute atomic E-state index is 5.87. The summed E-state index contributed by atoms with van der Waals surface area (Å²) in [6.45, 7) is 2.74. The molecule has 0 saturated heterocycles. The molecule has 0 radical (unpaired) electrons. The summed E-state index contributed by atoms with van der Waals surface area (Å²) in [7, 11) is 0. The molecule has 1 aliphatic carbocycles. The lowest BCUT2D eigenvalue weighted by Crippen LogP contribution is -2.08. The summed E-state index contributed by atoms with van der Waals surface area (Å²) >= 11 is 0. The van der Waals surface area contributed by atoms with Crippen LogP contribution < -0.4 is 5.73 Å². The Morgan fingerprint density at radius 3 is 2.63 bits per heavy atom. The van der Waals surface area contributed by atoms with E-state index in [0.29, 0.717) is 6.54 Å². The summed E-state index contributed by atoms with van der Waals surface area (Å²) < 4.78 is 0. The molecule has 3 rings (SSSR count). The zero-order chi connectivity index (χ0) is 13.2. The van der Waals surface area contributed by atoms with E-state index in [1.54, 1.807) is 0 Å². The standard InChI is InChI=1S/C18H21N/c1-13-8-9-17(12-19)18(10-13)16-7-3-6-15(11-16)14-4-2-5-14/h3,6-11,14H,2,4-5,12,19H2,1H3. The van der Waals surface area contributed by atoms with Crippen molar-refractivity contribution in [2.45, 2.75) is 38.6 Å². The Kier molecular flexibility index (Phi) is 3.39. The van der Waals surface area contributed by atoms with Crippen molar-refractivity contribution in [3.8, 4) is 11.1 Å². The zero-order valence-electron chi connectivity index (χ0n) is 11.5. The minimum absolute atomic E-state index is 0.600. The van der Waals surface area contributed by atoms with Gasteiger partial charge in [-0.25, -0.2) is 0 Å². The van der Waals surface area contributed by atoms with E-state index in [0.717, 1.165) is 5.92 Å². The van der Waals surface area contributed by atoms with Gasteiger partial charge in [0.25, 0.3) is 0 Å². The molecule has 0 spiro atoms. The molecule has 0 aliphatic heterocycles. The van der Waals surface area contributed by atoms with Gasteiger partial charge in [0.15, 0.2) is 0 Å². The van der Waals surface area contributed by atoms with E-state index in [-0.39, 0.29) is 0 Å². The van der Waals surface area contributed by atoms with Crippen LogP contribution >= 0.6 is 0 Å². The van der Waals surface area contributed by atoms with Crippen LogP contribution in [-0.4, -0.2) is 0 Å². The normalized spacial score (nSPS) is 15.3. The molecule has 19 heavy (non-hydrogen) atoms. The predicted molar refractivity (Wildman–Crippen MR) is 81.1 cm³/mol. The first-order chi connectivity index (χ1) is 9.28. The fourth-order valence-electron chi connectivity index (χ4n) is 2.84. The van der Waals surface area contributed by atoms with E-state index in [1.165, 1.54) is 47.1 Å². The van der Waals surface area contributed by atoms with Crippen LogP contribution in [0.5, 0.6) is 0 Å². The third-order valence-corrected chi connectivity index (χ3v) is 4.26. The Morgan fingerprint density at radius 2 is 1.95 bits per heavy atom. The lowest BCUT2D eigenvalue weighted by molar-refractivity contribution is 0.420. The average molecular weight is 251 g/mol. The average Bonchev–Trinajstić information content (AvgIpc) is 2.37. The van der Waals surface area contributed by atoms with Crippen molar-refractivity contribution in [3.05, 3.63) is 59.2 Å². The van der Waals surface area contributed by atoms with Crippen molar-refractivity contribution >= 4 is 0 Å². The first-order valence-electron chi connectivity index (χ1n) is 7.18. The molecular weight excluding hydrogens is 230 g/mol. The summed E-state index contributed by atoms with van der Waals surface area (Å²) in [4.78, 5) is 0. The quantitative estimate of drug-likeness (QED) is 0.860. The van der Waals surface area contributed by atoms with Gasteiger partial charge >= 0.3 is 0 Å². The highest BCUT2D eigenvalue weighted by Crippen LogP contribution is 2.38. The highest BCUT2D eigenvalue weighted by molar-refractivity contribution is 5.69. The Hall–Kier alpha value is -1.60. The molecule has 2 aromatic carbocycles. The first kappa shape index (κ1) is 12.4. The predicted octanol–water partition coefficient (Wildman–Crippen LogP) is 4.39. The largest absolute Gasteiger partial charge is 0.326 e. The molecule has 1 fully saturated rings. The minimum Gasteiger partial charge on any atom is -0.326 e. The maximum Gasteiger partial charge on any atom is 0.0184 e. The van der Waals surface area contributed by atoms with Gasteiger partial charge in [0, 0.05) is 6.54 Å². The number of benzene rings is 2. The van der Waals surface area contributed by atoms with Crippen molar-refractivity contribution in [3.63, 3.8) is 0 Å². The summed E-state index contributed by atoms with van der Waals surface area (Å²) in [6.07, 6.45) is 4.08. The van der Waals surface area contributed by atoms with Crippen molar-refractivity contribution in [2.24, 2.45) is 5.73 Å². The van der Waals surface area contributed by atoms with Gasteiger partial charge in [-0.1, -0.05) is 54.4 Å². The smallest absolute Gasteiger partial charge is 0.0184 e. The van der Waals surface area contributed by atoms with E-state index in [1.807, 2.05) is 0 Å². The van der Waals surface area contributed by atoms with Gasteiger partial charge in [-0.3, -0.25) is 0 Å². The second-order valence-corrected chi connectivity index (χ2v) is 5.62. The van der Waals surface area contributed by atoms with Gasteiger partial charge in [0.05, 0.1) is 0 Å². The van der Waals surface area contributed by atoms with E-state index < -0.39 is 0 Å². The second-order valence-electron chi connectivity index (χ2n) is 5.62. The van der Waals surface area contributed by atoms with Crippen molar-refractivity contribution in [1.82, 2.24) is 0 Å². The van der Waals surface area contributed by atoms with E-state index in [2.05, 4.69) is 49.4 Å². The van der Waals surface area contributed by atoms with Crippen LogP contribution in [0.2, 0.25) is 0 Å². The number of hydrogen-bond donors (Lipinski definition) is 1. The number of nitrogens with two attached hydrogens (primary N) is 1. The van der Waals surface area contributed by atoms with E-state index >= 15 is 0 Å². The van der Waals surface area contributed by atoms with Crippen LogP contribution in [0.15, 0.2) is 42.5 Å². The van der Waals surface area contributed by atoms with Crippen LogP contribution in [0.25, 0.3) is 11.1 Å². The molecule has 0 amide bonds. The summed E-state index contributed by atoms with van der Waals surface area (Å²) in [5, 5.41) is 0. The summed E-state index contributed by atoms with van der Waals surface area (Å²) in [6, 6.07) is 15.6. The molecule has 2 aromatic rings. The lowest BCUT2D eigenvalue weighted by Gasteiger charge is -2.26. The lowest BCUT2D eigenvalue weighted by atomic mass is 9.79. The SMILES string of the molecule is Cc1ccc(CN)c(-c2cccc(C3CCC3)c2)c1. The van der Waals surface area contributed by atoms with Crippen molar-refractivity contribution in [1.29, 1.82) is 0 Å². The van der Waals surface area contributed by atoms with Gasteiger partial charge in [0.1, 0.15) is 0 Å². The number of aryl methyl sites for hydroxylation is 1. The van der Waals surface area contributed by atoms with Gasteiger partial charge in [-0.15, -0.1) is 0 Å². The Morgan fingerprint density at radius 1 is 1.11 bits per heavy atom. The molecule has 98 valence electrons. The molecule has 1 heteroatoms. The van der Waals surface area contributed by atoms with Gasteiger partial charge < -0.3 is 5.73 Å². The summed E-state index contributed by atoms with van der Waals surface area (Å²) in [5.41, 5.74) is 12.5. The molecule has 1 nitrogen and oxygen atoms in total. The molecule has 2 N–H and O–H groups in total. The first-order valence-corrected chi connectivity index (χ1v) is 7.18. The molecule has 1 aliphatic rings. The molecule has 0 unspecified atom stereocenters. The number of rotatable bonds is 3. The van der Waals surface area contributed by atoms with Gasteiger partial charge in [-0.05, 0) is 47.9 Å². The van der Waals surface area contributed by atoms with Crippen LogP contribution in [0, 0.1) is 6.92 Å². The monoisotopic (exact) mass is 251 g/mol. The topological polar surface area (TPSA) is 26.0 Å². The Labute approximate surface area is 115 Å². The van der Waals surface area contributed by atoms with E-state index in [4.69, 9.17) is 5.73 Å². The molecular formula is C18H21N. The molecule has 0 bridgehead atoms. The van der Waals surface area contributed by atoms with Gasteiger partial charge in [-0.2, -0.15) is 0 Å². The third kappa shape index (κ3) is 2.43. The Balaban J connectivity index is 2.03. The highest BCUT2D eigenvalue weighted by atomic mass is 14.5. The second kappa shape index (κ2) is 5.18. The fraction of sp³-hybridized carbons (Fsp3) is 0.333. The zero-order valence-corrected chi connectivity index (χ0v) is 11.5. The van der Waals surface area contributed by atoms with Crippen LogP contribution in [0.3, 0.4) is 0 Å². The van der Waals surface area contributed by atoms with Crippen LogP contribution in [0.4, 0.5) is 0 Å². The fourth-order valence-corrected chi connectivity index (χ4v) is 2.84. The van der Waals surface area contributed by atoms with Crippen LogP contribution in [-0.2, 0) is 6.54 Å². The highest BCUT2D eigenvalue weighted by Gasteiger charge is 2.19. The summed E-state index contributed by atoms with van der Waals surface area (Å²) in [5.74, 6) is 0.783.